The monoisotopic (exact) mass is 310 g/mol. The molecule has 0 aromatic carbocycles. The van der Waals surface area contributed by atoms with Gasteiger partial charge in [0.25, 0.3) is 0 Å². The number of carbonyl (C=O) groups excluding carboxylic acids is 1. The molecule has 5 nitrogen and oxygen atoms in total. The molecule has 0 spiro atoms. The first-order valence-corrected chi connectivity index (χ1v) is 6.92. The Morgan fingerprint density at radius 3 is 2.19 bits per heavy atom. The molecule has 0 aromatic rings. The maximum absolute atomic E-state index is 12.5. The summed E-state index contributed by atoms with van der Waals surface area (Å²) in [5.74, 6) is -1.01. The minimum atomic E-state index is -4.49. The van der Waals surface area contributed by atoms with E-state index < -0.39 is 36.2 Å². The molecule has 1 saturated carbocycles. The third-order valence-corrected chi connectivity index (χ3v) is 3.83. The Morgan fingerprint density at radius 1 is 1.29 bits per heavy atom. The number of nitrogens with zero attached hydrogens (tertiary/aromatic N) is 1. The van der Waals surface area contributed by atoms with Crippen LogP contribution in [0.1, 0.15) is 39.5 Å². The molecule has 1 fully saturated rings. The van der Waals surface area contributed by atoms with Crippen molar-refractivity contribution in [2.75, 3.05) is 13.1 Å². The summed E-state index contributed by atoms with van der Waals surface area (Å²) >= 11 is 0. The van der Waals surface area contributed by atoms with E-state index in [0.717, 1.165) is 12.8 Å². The van der Waals surface area contributed by atoms with Crippen molar-refractivity contribution in [3.05, 3.63) is 0 Å². The smallest absolute Gasteiger partial charge is 0.406 e. The summed E-state index contributed by atoms with van der Waals surface area (Å²) in [6.07, 6.45) is -2.12. The summed E-state index contributed by atoms with van der Waals surface area (Å²) in [6.45, 7) is 1.47. The van der Waals surface area contributed by atoms with E-state index in [1.165, 1.54) is 13.8 Å². The lowest BCUT2D eigenvalue weighted by Crippen LogP contribution is -2.51. The molecule has 8 heteroatoms. The number of urea groups is 1. The molecule has 1 aliphatic carbocycles. The van der Waals surface area contributed by atoms with Crippen molar-refractivity contribution in [2.45, 2.75) is 51.7 Å². The highest BCUT2D eigenvalue weighted by Gasteiger charge is 2.42. The molecule has 21 heavy (non-hydrogen) atoms. The van der Waals surface area contributed by atoms with Crippen LogP contribution in [0, 0.1) is 5.41 Å². The summed E-state index contributed by atoms with van der Waals surface area (Å²) in [5.41, 5.74) is -1.05. The van der Waals surface area contributed by atoms with E-state index in [1.807, 2.05) is 0 Å². The lowest BCUT2D eigenvalue weighted by molar-refractivity contribution is -0.149. The molecule has 0 aliphatic heterocycles. The first-order valence-electron chi connectivity index (χ1n) is 6.92. The average Bonchev–Trinajstić information content (AvgIpc) is 2.81. The summed E-state index contributed by atoms with van der Waals surface area (Å²) in [7, 11) is 0. The molecule has 0 unspecified atom stereocenters. The van der Waals surface area contributed by atoms with Gasteiger partial charge in [-0.1, -0.05) is 12.8 Å². The Balaban J connectivity index is 2.67. The number of hydrogen-bond acceptors (Lipinski definition) is 2. The van der Waals surface area contributed by atoms with Crippen molar-refractivity contribution < 1.29 is 27.9 Å². The largest absolute Gasteiger partial charge is 0.481 e. The normalized spacial score (nSPS) is 17.8. The summed E-state index contributed by atoms with van der Waals surface area (Å²) in [6, 6.07) is -1.51. The number of rotatable bonds is 5. The van der Waals surface area contributed by atoms with Crippen LogP contribution in [0.4, 0.5) is 18.0 Å². The number of carbonyl (C=O) groups is 2. The fourth-order valence-electron chi connectivity index (χ4n) is 2.55. The van der Waals surface area contributed by atoms with Crippen molar-refractivity contribution >= 4 is 12.0 Å². The predicted octanol–water partition coefficient (Wildman–Crippen LogP) is 2.61. The molecule has 0 saturated heterocycles. The number of amides is 2. The van der Waals surface area contributed by atoms with Crippen molar-refractivity contribution in [1.82, 2.24) is 10.2 Å². The molecule has 1 rings (SSSR count). The van der Waals surface area contributed by atoms with Crippen LogP contribution in [-0.2, 0) is 4.79 Å². The van der Waals surface area contributed by atoms with Gasteiger partial charge in [-0.25, -0.2) is 4.79 Å². The SMILES string of the molecule is CC(C)N(CC(F)(F)F)C(=O)NCC1(C(=O)O)CCCC1. The summed E-state index contributed by atoms with van der Waals surface area (Å²) in [5, 5.41) is 11.6. The van der Waals surface area contributed by atoms with Crippen LogP contribution >= 0.6 is 0 Å². The Hall–Kier alpha value is -1.47. The Labute approximate surface area is 121 Å². The lowest BCUT2D eigenvalue weighted by Gasteiger charge is -2.30. The quantitative estimate of drug-likeness (QED) is 0.820. The van der Waals surface area contributed by atoms with Gasteiger partial charge in [0.2, 0.25) is 0 Å². The molecule has 2 amide bonds. The summed E-state index contributed by atoms with van der Waals surface area (Å²) in [4.78, 5) is 23.9. The Kier molecular flexibility index (Phi) is 5.47. The second-order valence-electron chi connectivity index (χ2n) is 5.79. The Morgan fingerprint density at radius 2 is 1.81 bits per heavy atom. The highest BCUT2D eigenvalue weighted by molar-refractivity contribution is 5.78. The van der Waals surface area contributed by atoms with Crippen molar-refractivity contribution in [3.8, 4) is 0 Å². The maximum atomic E-state index is 12.5. The maximum Gasteiger partial charge on any atom is 0.406 e. The number of hydrogen-bond donors (Lipinski definition) is 2. The third kappa shape index (κ3) is 4.78. The van der Waals surface area contributed by atoms with E-state index in [0.29, 0.717) is 17.7 Å². The molecule has 0 heterocycles. The van der Waals surface area contributed by atoms with E-state index >= 15 is 0 Å². The van der Waals surface area contributed by atoms with Crippen LogP contribution in [0.5, 0.6) is 0 Å². The van der Waals surface area contributed by atoms with Crippen molar-refractivity contribution in [3.63, 3.8) is 0 Å². The zero-order valence-electron chi connectivity index (χ0n) is 12.2. The summed E-state index contributed by atoms with van der Waals surface area (Å²) < 4.78 is 37.4. The average molecular weight is 310 g/mol. The van der Waals surface area contributed by atoms with Gasteiger partial charge >= 0.3 is 18.2 Å². The first kappa shape index (κ1) is 17.6. The van der Waals surface area contributed by atoms with Gasteiger partial charge in [0, 0.05) is 12.6 Å². The molecular weight excluding hydrogens is 289 g/mol. The van der Waals surface area contributed by atoms with Gasteiger partial charge in [-0.05, 0) is 26.7 Å². The molecule has 2 N–H and O–H groups in total. The molecule has 0 bridgehead atoms. The number of nitrogens with one attached hydrogen (secondary N) is 1. The van der Waals surface area contributed by atoms with Gasteiger partial charge in [-0.2, -0.15) is 13.2 Å². The topological polar surface area (TPSA) is 69.6 Å². The van der Waals surface area contributed by atoms with E-state index in [4.69, 9.17) is 0 Å². The lowest BCUT2D eigenvalue weighted by atomic mass is 9.86. The number of carboxylic acids is 1. The molecular formula is C13H21F3N2O3. The number of aliphatic carboxylic acids is 1. The van der Waals surface area contributed by atoms with Crippen LogP contribution in [0.15, 0.2) is 0 Å². The van der Waals surface area contributed by atoms with Crippen LogP contribution < -0.4 is 5.32 Å². The van der Waals surface area contributed by atoms with Gasteiger partial charge < -0.3 is 15.3 Å². The van der Waals surface area contributed by atoms with Gasteiger partial charge in [0.05, 0.1) is 5.41 Å². The molecule has 122 valence electrons. The zero-order valence-corrected chi connectivity index (χ0v) is 12.2. The zero-order chi connectivity index (χ0) is 16.3. The van der Waals surface area contributed by atoms with E-state index in [9.17, 15) is 27.9 Å². The molecule has 0 radical (unpaired) electrons. The van der Waals surface area contributed by atoms with E-state index in [1.54, 1.807) is 0 Å². The number of carboxylic acid groups (broad SMARTS) is 1. The standard InChI is InChI=1S/C13H21F3N2O3/c1-9(2)18(8-13(14,15)16)11(21)17-7-12(10(19)20)5-3-4-6-12/h9H,3-8H2,1-2H3,(H,17,21)(H,19,20). The van der Waals surface area contributed by atoms with Gasteiger partial charge in [0.15, 0.2) is 0 Å². The van der Waals surface area contributed by atoms with Crippen molar-refractivity contribution in [1.29, 1.82) is 0 Å². The van der Waals surface area contributed by atoms with Crippen LogP contribution in [0.25, 0.3) is 0 Å². The predicted molar refractivity (Wildman–Crippen MR) is 69.8 cm³/mol. The second kappa shape index (κ2) is 6.53. The minimum absolute atomic E-state index is 0.137. The van der Waals surface area contributed by atoms with Gasteiger partial charge in [0.1, 0.15) is 6.54 Å². The van der Waals surface area contributed by atoms with Gasteiger partial charge in [-0.15, -0.1) is 0 Å². The molecule has 0 aromatic heterocycles. The second-order valence-corrected chi connectivity index (χ2v) is 5.79. The highest BCUT2D eigenvalue weighted by atomic mass is 19.4. The van der Waals surface area contributed by atoms with E-state index in [-0.39, 0.29) is 6.54 Å². The minimum Gasteiger partial charge on any atom is -0.481 e. The fourth-order valence-corrected chi connectivity index (χ4v) is 2.55. The first-order chi connectivity index (χ1) is 9.57. The van der Waals surface area contributed by atoms with Crippen molar-refractivity contribution in [2.24, 2.45) is 5.41 Å². The number of alkyl halides is 3. The third-order valence-electron chi connectivity index (χ3n) is 3.83. The van der Waals surface area contributed by atoms with Crippen LogP contribution in [0.2, 0.25) is 0 Å². The molecule has 1 aliphatic rings. The fraction of sp³-hybridized carbons (Fsp3) is 0.846. The number of halogens is 3. The van der Waals surface area contributed by atoms with Crippen LogP contribution in [0.3, 0.4) is 0 Å². The molecule has 0 atom stereocenters. The van der Waals surface area contributed by atoms with Gasteiger partial charge in [-0.3, -0.25) is 4.79 Å². The van der Waals surface area contributed by atoms with Crippen LogP contribution in [-0.4, -0.2) is 47.3 Å². The highest BCUT2D eigenvalue weighted by Crippen LogP contribution is 2.37. The Bertz CT molecular complexity index is 391. The van der Waals surface area contributed by atoms with E-state index in [2.05, 4.69) is 5.32 Å².